The van der Waals surface area contributed by atoms with Crippen LogP contribution in [0, 0.1) is 23.4 Å². The molecule has 4 rings (SSSR count). The van der Waals surface area contributed by atoms with Crippen molar-refractivity contribution in [3.05, 3.63) is 75.5 Å². The number of ether oxygens (including phenoxy) is 1. The molecule has 3 aromatic rings. The minimum atomic E-state index is -1.07. The number of carbonyl (C=O) groups excluding carboxylic acids is 1. The number of hydrogen-bond acceptors (Lipinski definition) is 3. The van der Waals surface area contributed by atoms with Crippen LogP contribution in [0.1, 0.15) is 31.1 Å². The fourth-order valence-electron chi connectivity index (χ4n) is 3.98. The first-order valence-electron chi connectivity index (χ1n) is 10.2. The van der Waals surface area contributed by atoms with Gasteiger partial charge in [0, 0.05) is 29.6 Å². The number of H-pyrrole nitrogens is 1. The SMILES string of the molecule is CC(C)CN(C(=O)Nc1ccc(F)c(F)c1)C1COCc2[nH]c(=O)c3cc(F)ccc3c21. The number of halogens is 3. The molecular weight excluding hydrogens is 423 g/mol. The molecule has 6 nitrogen and oxygen atoms in total. The molecule has 9 heteroatoms. The molecule has 1 aliphatic rings. The Hall–Kier alpha value is -3.33. The number of aromatic nitrogens is 1. The van der Waals surface area contributed by atoms with Crippen LogP contribution in [-0.2, 0) is 11.3 Å². The predicted octanol–water partition coefficient (Wildman–Crippen LogP) is 4.71. The van der Waals surface area contributed by atoms with Gasteiger partial charge in [-0.25, -0.2) is 18.0 Å². The first kappa shape index (κ1) is 21.9. The number of rotatable bonds is 4. The maximum Gasteiger partial charge on any atom is 0.322 e. The fourth-order valence-corrected chi connectivity index (χ4v) is 3.98. The molecule has 0 saturated heterocycles. The van der Waals surface area contributed by atoms with Gasteiger partial charge in [0.15, 0.2) is 11.6 Å². The minimum absolute atomic E-state index is 0.0718. The second kappa shape index (κ2) is 8.66. The summed E-state index contributed by atoms with van der Waals surface area (Å²) in [7, 11) is 0. The Bertz CT molecular complexity index is 1240. The molecule has 168 valence electrons. The standard InChI is InChI=1S/C23H22F3N3O3/c1-12(2)9-29(23(31)27-14-4-6-17(25)18(26)8-14)20-11-32-10-19-21(20)15-5-3-13(24)7-16(15)22(30)28-19/h3-8,12,20H,9-11H2,1-2H3,(H,27,31)(H,28,30). The summed E-state index contributed by atoms with van der Waals surface area (Å²) in [5.74, 6) is -2.56. The highest BCUT2D eigenvalue weighted by Crippen LogP contribution is 2.34. The van der Waals surface area contributed by atoms with Gasteiger partial charge in [-0.15, -0.1) is 0 Å². The monoisotopic (exact) mass is 445 g/mol. The normalized spacial score (nSPS) is 15.6. The zero-order chi connectivity index (χ0) is 23.0. The van der Waals surface area contributed by atoms with Crippen molar-refractivity contribution in [1.82, 2.24) is 9.88 Å². The zero-order valence-electron chi connectivity index (χ0n) is 17.5. The van der Waals surface area contributed by atoms with E-state index < -0.39 is 35.1 Å². The van der Waals surface area contributed by atoms with Crippen molar-refractivity contribution in [3.63, 3.8) is 0 Å². The molecule has 2 amide bonds. The number of pyridine rings is 1. The second-order valence-corrected chi connectivity index (χ2v) is 8.17. The van der Waals surface area contributed by atoms with Crippen LogP contribution in [0.2, 0.25) is 0 Å². The van der Waals surface area contributed by atoms with Gasteiger partial charge in [-0.2, -0.15) is 0 Å². The molecule has 0 spiro atoms. The van der Waals surface area contributed by atoms with Crippen molar-refractivity contribution in [1.29, 1.82) is 0 Å². The molecule has 0 radical (unpaired) electrons. The molecule has 2 heterocycles. The largest absolute Gasteiger partial charge is 0.373 e. The lowest BCUT2D eigenvalue weighted by molar-refractivity contribution is 0.0425. The van der Waals surface area contributed by atoms with E-state index in [0.717, 1.165) is 18.2 Å². The van der Waals surface area contributed by atoms with E-state index in [1.54, 1.807) is 0 Å². The second-order valence-electron chi connectivity index (χ2n) is 8.17. The lowest BCUT2D eigenvalue weighted by atomic mass is 9.95. The maximum atomic E-state index is 13.8. The predicted molar refractivity (Wildman–Crippen MR) is 114 cm³/mol. The Labute approximate surface area is 182 Å². The van der Waals surface area contributed by atoms with E-state index in [0.29, 0.717) is 23.2 Å². The first-order chi connectivity index (χ1) is 15.2. The molecule has 2 aromatic carbocycles. The van der Waals surface area contributed by atoms with Crippen LogP contribution in [0.4, 0.5) is 23.7 Å². The Morgan fingerprint density at radius 2 is 1.94 bits per heavy atom. The van der Waals surface area contributed by atoms with Crippen molar-refractivity contribution in [2.24, 2.45) is 5.92 Å². The molecule has 0 saturated carbocycles. The third-order valence-electron chi connectivity index (χ3n) is 5.33. The van der Waals surface area contributed by atoms with Crippen LogP contribution >= 0.6 is 0 Å². The van der Waals surface area contributed by atoms with E-state index >= 15 is 0 Å². The summed E-state index contributed by atoms with van der Waals surface area (Å²) < 4.78 is 46.3. The van der Waals surface area contributed by atoms with E-state index in [2.05, 4.69) is 10.3 Å². The fraction of sp³-hybridized carbons (Fsp3) is 0.304. The van der Waals surface area contributed by atoms with E-state index in [-0.39, 0.29) is 30.2 Å². The topological polar surface area (TPSA) is 74.4 Å². The van der Waals surface area contributed by atoms with E-state index in [1.807, 2.05) is 13.8 Å². The Kier molecular flexibility index (Phi) is 5.92. The van der Waals surface area contributed by atoms with Crippen molar-refractivity contribution >= 4 is 22.5 Å². The van der Waals surface area contributed by atoms with Gasteiger partial charge in [0.2, 0.25) is 0 Å². The molecule has 2 N–H and O–H groups in total. The summed E-state index contributed by atoms with van der Waals surface area (Å²) in [4.78, 5) is 30.0. The van der Waals surface area contributed by atoms with Gasteiger partial charge in [0.1, 0.15) is 5.82 Å². The Morgan fingerprint density at radius 1 is 1.16 bits per heavy atom. The highest BCUT2D eigenvalue weighted by atomic mass is 19.2. The molecule has 1 aliphatic heterocycles. The lowest BCUT2D eigenvalue weighted by Crippen LogP contribution is -2.44. The summed E-state index contributed by atoms with van der Waals surface area (Å²) in [5.41, 5.74) is 0.851. The summed E-state index contributed by atoms with van der Waals surface area (Å²) in [5, 5.41) is 3.32. The Morgan fingerprint density at radius 3 is 2.66 bits per heavy atom. The number of nitrogens with one attached hydrogen (secondary N) is 2. The number of anilines is 1. The minimum Gasteiger partial charge on any atom is -0.373 e. The molecule has 1 unspecified atom stereocenters. The van der Waals surface area contributed by atoms with Gasteiger partial charge in [0.05, 0.1) is 24.6 Å². The lowest BCUT2D eigenvalue weighted by Gasteiger charge is -2.37. The molecule has 1 aromatic heterocycles. The smallest absolute Gasteiger partial charge is 0.322 e. The summed E-state index contributed by atoms with van der Waals surface area (Å²) in [6.45, 7) is 4.49. The molecular formula is C23H22F3N3O3. The number of nitrogens with zero attached hydrogens (tertiary/aromatic N) is 1. The zero-order valence-corrected chi connectivity index (χ0v) is 17.5. The number of hydrogen-bond donors (Lipinski definition) is 2. The highest BCUT2D eigenvalue weighted by molar-refractivity contribution is 5.91. The van der Waals surface area contributed by atoms with Crippen LogP contribution in [0.15, 0.2) is 41.2 Å². The van der Waals surface area contributed by atoms with Crippen molar-refractivity contribution in [2.45, 2.75) is 26.5 Å². The number of carbonyl (C=O) groups is 1. The summed E-state index contributed by atoms with van der Waals surface area (Å²) in [6, 6.07) is 5.94. The summed E-state index contributed by atoms with van der Waals surface area (Å²) >= 11 is 0. The third kappa shape index (κ3) is 4.20. The first-order valence-corrected chi connectivity index (χ1v) is 10.2. The van der Waals surface area contributed by atoms with Gasteiger partial charge < -0.3 is 19.9 Å². The Balaban J connectivity index is 1.77. The van der Waals surface area contributed by atoms with Gasteiger partial charge in [-0.05, 0) is 35.6 Å². The summed E-state index contributed by atoms with van der Waals surface area (Å²) in [6.07, 6.45) is 0. The van der Waals surface area contributed by atoms with Crippen LogP contribution in [-0.4, -0.2) is 29.1 Å². The van der Waals surface area contributed by atoms with Crippen molar-refractivity contribution in [2.75, 3.05) is 18.5 Å². The molecule has 0 bridgehead atoms. The van der Waals surface area contributed by atoms with E-state index in [4.69, 9.17) is 4.74 Å². The van der Waals surface area contributed by atoms with Crippen molar-refractivity contribution < 1.29 is 22.7 Å². The van der Waals surface area contributed by atoms with Gasteiger partial charge in [0.25, 0.3) is 5.56 Å². The number of amides is 2. The number of urea groups is 1. The number of fused-ring (bicyclic) bond motifs is 3. The van der Waals surface area contributed by atoms with E-state index in [1.165, 1.54) is 23.1 Å². The van der Waals surface area contributed by atoms with Gasteiger partial charge in [-0.1, -0.05) is 19.9 Å². The van der Waals surface area contributed by atoms with E-state index in [9.17, 15) is 22.8 Å². The molecule has 32 heavy (non-hydrogen) atoms. The average Bonchev–Trinajstić information content (AvgIpc) is 2.74. The van der Waals surface area contributed by atoms with Crippen LogP contribution in [0.5, 0.6) is 0 Å². The van der Waals surface area contributed by atoms with Gasteiger partial charge >= 0.3 is 6.03 Å². The van der Waals surface area contributed by atoms with Crippen molar-refractivity contribution in [3.8, 4) is 0 Å². The number of benzene rings is 2. The van der Waals surface area contributed by atoms with Crippen LogP contribution < -0.4 is 10.9 Å². The molecule has 0 aliphatic carbocycles. The molecule has 0 fully saturated rings. The average molecular weight is 445 g/mol. The van der Waals surface area contributed by atoms with Crippen LogP contribution in [0.25, 0.3) is 10.8 Å². The van der Waals surface area contributed by atoms with Gasteiger partial charge in [-0.3, -0.25) is 4.79 Å². The molecule has 1 atom stereocenters. The quantitative estimate of drug-likeness (QED) is 0.611. The third-order valence-corrected chi connectivity index (χ3v) is 5.33. The van der Waals surface area contributed by atoms with Crippen LogP contribution in [0.3, 0.4) is 0 Å². The maximum absolute atomic E-state index is 13.8. The number of aromatic amines is 1. The highest BCUT2D eigenvalue weighted by Gasteiger charge is 2.33.